The van der Waals surface area contributed by atoms with E-state index < -0.39 is 0 Å². The summed E-state index contributed by atoms with van der Waals surface area (Å²) in [7, 11) is 0. The number of fused-ring (bicyclic) bond motifs is 1. The SMILES string of the molecule is Cc1ccc2cc(C)c(NN=Cc3cc(C)n(-c4ccccc4)c3C)nc2c1. The van der Waals surface area contributed by atoms with Crippen LogP contribution in [0.4, 0.5) is 5.82 Å². The Morgan fingerprint density at radius 3 is 2.50 bits per heavy atom. The van der Waals surface area contributed by atoms with Gasteiger partial charge >= 0.3 is 0 Å². The number of benzene rings is 2. The number of rotatable bonds is 4. The number of aryl methyl sites for hydroxylation is 3. The number of anilines is 1. The van der Waals surface area contributed by atoms with E-state index in [1.54, 1.807) is 0 Å². The molecule has 0 radical (unpaired) electrons. The van der Waals surface area contributed by atoms with E-state index >= 15 is 0 Å². The Balaban J connectivity index is 1.61. The fraction of sp³-hybridized carbons (Fsp3) is 0.167. The maximum atomic E-state index is 4.73. The molecule has 2 heterocycles. The summed E-state index contributed by atoms with van der Waals surface area (Å²) in [4.78, 5) is 4.73. The van der Waals surface area contributed by atoms with E-state index in [0.717, 1.165) is 39.2 Å². The van der Waals surface area contributed by atoms with Crippen molar-refractivity contribution in [1.29, 1.82) is 0 Å². The van der Waals surface area contributed by atoms with Crippen LogP contribution in [0.25, 0.3) is 16.6 Å². The number of para-hydroxylation sites is 1. The van der Waals surface area contributed by atoms with Gasteiger partial charge < -0.3 is 4.57 Å². The van der Waals surface area contributed by atoms with Crippen LogP contribution < -0.4 is 5.43 Å². The average molecular weight is 368 g/mol. The van der Waals surface area contributed by atoms with E-state index in [1.807, 2.05) is 19.2 Å². The molecule has 0 unspecified atom stereocenters. The minimum Gasteiger partial charge on any atom is -0.318 e. The summed E-state index contributed by atoms with van der Waals surface area (Å²) >= 11 is 0. The molecule has 0 spiro atoms. The van der Waals surface area contributed by atoms with E-state index in [4.69, 9.17) is 4.98 Å². The Bertz CT molecular complexity index is 1170. The number of hydrogen-bond acceptors (Lipinski definition) is 3. The lowest BCUT2D eigenvalue weighted by Crippen LogP contribution is -2.00. The monoisotopic (exact) mass is 368 g/mol. The van der Waals surface area contributed by atoms with Crippen LogP contribution in [-0.2, 0) is 0 Å². The van der Waals surface area contributed by atoms with E-state index in [9.17, 15) is 0 Å². The van der Waals surface area contributed by atoms with Crippen LogP contribution in [0.3, 0.4) is 0 Å². The lowest BCUT2D eigenvalue weighted by atomic mass is 10.1. The summed E-state index contributed by atoms with van der Waals surface area (Å²) in [5.41, 5.74) is 11.0. The molecular weight excluding hydrogens is 344 g/mol. The summed E-state index contributed by atoms with van der Waals surface area (Å²) in [5.74, 6) is 0.784. The summed E-state index contributed by atoms with van der Waals surface area (Å²) in [6.07, 6.45) is 1.86. The Labute approximate surface area is 165 Å². The zero-order chi connectivity index (χ0) is 19.7. The summed E-state index contributed by atoms with van der Waals surface area (Å²) in [5, 5.41) is 5.60. The molecule has 0 saturated heterocycles. The zero-order valence-corrected chi connectivity index (χ0v) is 16.7. The summed E-state index contributed by atoms with van der Waals surface area (Å²) < 4.78 is 2.24. The molecule has 4 aromatic rings. The largest absolute Gasteiger partial charge is 0.318 e. The van der Waals surface area contributed by atoms with Gasteiger partial charge in [-0.15, -0.1) is 0 Å². The lowest BCUT2D eigenvalue weighted by molar-refractivity contribution is 0.965. The Morgan fingerprint density at radius 2 is 1.71 bits per heavy atom. The standard InChI is InChI=1S/C24H24N4/c1-16-10-11-20-13-17(2)24(26-23(20)12-16)27-25-15-21-14-18(3)28(19(21)4)22-8-6-5-7-9-22/h5-15H,1-4H3,(H,26,27). The molecule has 0 bridgehead atoms. The maximum Gasteiger partial charge on any atom is 0.149 e. The number of hydrazone groups is 1. The third kappa shape index (κ3) is 3.41. The molecule has 140 valence electrons. The first kappa shape index (κ1) is 18.0. The van der Waals surface area contributed by atoms with Gasteiger partial charge in [-0.3, -0.25) is 5.43 Å². The minimum absolute atomic E-state index is 0.784. The van der Waals surface area contributed by atoms with Gasteiger partial charge in [-0.05, 0) is 69.2 Å². The fourth-order valence-corrected chi connectivity index (χ4v) is 3.55. The first-order valence-corrected chi connectivity index (χ1v) is 9.44. The predicted octanol–water partition coefficient (Wildman–Crippen LogP) is 5.71. The Kier molecular flexibility index (Phi) is 4.70. The van der Waals surface area contributed by atoms with Crippen LogP contribution in [0.2, 0.25) is 0 Å². The molecule has 2 aromatic carbocycles. The van der Waals surface area contributed by atoms with E-state index in [1.165, 1.54) is 11.3 Å². The van der Waals surface area contributed by atoms with Crippen LogP contribution in [0, 0.1) is 27.7 Å². The van der Waals surface area contributed by atoms with E-state index in [2.05, 4.69) is 90.5 Å². The molecule has 0 aliphatic heterocycles. The molecule has 4 rings (SSSR count). The van der Waals surface area contributed by atoms with Crippen LogP contribution >= 0.6 is 0 Å². The highest BCUT2D eigenvalue weighted by molar-refractivity contribution is 5.84. The molecule has 4 heteroatoms. The highest BCUT2D eigenvalue weighted by Crippen LogP contribution is 2.22. The lowest BCUT2D eigenvalue weighted by Gasteiger charge is -2.09. The molecule has 1 N–H and O–H groups in total. The van der Waals surface area contributed by atoms with Gasteiger partial charge in [-0.2, -0.15) is 5.10 Å². The quantitative estimate of drug-likeness (QED) is 0.370. The van der Waals surface area contributed by atoms with Gasteiger partial charge in [0.25, 0.3) is 0 Å². The first-order chi connectivity index (χ1) is 13.5. The predicted molar refractivity (Wildman–Crippen MR) is 118 cm³/mol. The number of nitrogens with zero attached hydrogens (tertiary/aromatic N) is 3. The van der Waals surface area contributed by atoms with Gasteiger partial charge in [-0.1, -0.05) is 30.3 Å². The highest BCUT2D eigenvalue weighted by atomic mass is 15.3. The van der Waals surface area contributed by atoms with E-state index in [-0.39, 0.29) is 0 Å². The molecule has 4 nitrogen and oxygen atoms in total. The van der Waals surface area contributed by atoms with Crippen LogP contribution in [0.15, 0.2) is 65.8 Å². The second-order valence-electron chi connectivity index (χ2n) is 7.22. The molecule has 0 aliphatic carbocycles. The third-order valence-corrected chi connectivity index (χ3v) is 5.02. The van der Waals surface area contributed by atoms with Crippen molar-refractivity contribution in [2.45, 2.75) is 27.7 Å². The third-order valence-electron chi connectivity index (χ3n) is 5.02. The average Bonchev–Trinajstić information content (AvgIpc) is 2.96. The molecule has 28 heavy (non-hydrogen) atoms. The van der Waals surface area contributed by atoms with Gasteiger partial charge in [-0.25, -0.2) is 4.98 Å². The van der Waals surface area contributed by atoms with Gasteiger partial charge in [0.2, 0.25) is 0 Å². The molecular formula is C24H24N4. The first-order valence-electron chi connectivity index (χ1n) is 9.44. The molecule has 0 atom stereocenters. The fourth-order valence-electron chi connectivity index (χ4n) is 3.55. The van der Waals surface area contributed by atoms with Crippen LogP contribution in [0.1, 0.15) is 28.1 Å². The molecule has 2 aromatic heterocycles. The second-order valence-corrected chi connectivity index (χ2v) is 7.22. The second kappa shape index (κ2) is 7.31. The van der Waals surface area contributed by atoms with Crippen molar-refractivity contribution in [3.8, 4) is 5.69 Å². The van der Waals surface area contributed by atoms with Crippen molar-refractivity contribution >= 4 is 22.9 Å². The van der Waals surface area contributed by atoms with Gasteiger partial charge in [0.15, 0.2) is 0 Å². The van der Waals surface area contributed by atoms with Crippen molar-refractivity contribution < 1.29 is 0 Å². The Morgan fingerprint density at radius 1 is 0.929 bits per heavy atom. The summed E-state index contributed by atoms with van der Waals surface area (Å²) in [6, 6.07) is 21.0. The van der Waals surface area contributed by atoms with Crippen molar-refractivity contribution in [3.05, 3.63) is 88.7 Å². The highest BCUT2D eigenvalue weighted by Gasteiger charge is 2.09. The van der Waals surface area contributed by atoms with Gasteiger partial charge in [0, 0.05) is 28.0 Å². The van der Waals surface area contributed by atoms with Crippen molar-refractivity contribution in [3.63, 3.8) is 0 Å². The molecule has 0 saturated carbocycles. The smallest absolute Gasteiger partial charge is 0.149 e. The minimum atomic E-state index is 0.784. The number of hydrogen-bond donors (Lipinski definition) is 1. The number of pyridine rings is 1. The molecule has 0 aliphatic rings. The molecule has 0 amide bonds. The van der Waals surface area contributed by atoms with Crippen LogP contribution in [-0.4, -0.2) is 15.8 Å². The van der Waals surface area contributed by atoms with Crippen molar-refractivity contribution in [2.24, 2.45) is 5.10 Å². The molecule has 0 fully saturated rings. The number of aromatic nitrogens is 2. The van der Waals surface area contributed by atoms with Crippen LogP contribution in [0.5, 0.6) is 0 Å². The zero-order valence-electron chi connectivity index (χ0n) is 16.7. The van der Waals surface area contributed by atoms with Crippen molar-refractivity contribution in [2.75, 3.05) is 5.43 Å². The number of nitrogens with one attached hydrogen (secondary N) is 1. The van der Waals surface area contributed by atoms with Gasteiger partial charge in [0.1, 0.15) is 5.82 Å². The van der Waals surface area contributed by atoms with Crippen molar-refractivity contribution in [1.82, 2.24) is 9.55 Å². The van der Waals surface area contributed by atoms with Gasteiger partial charge in [0.05, 0.1) is 11.7 Å². The Hall–Kier alpha value is -3.40. The topological polar surface area (TPSA) is 42.2 Å². The normalized spacial score (nSPS) is 11.4. The summed E-state index contributed by atoms with van der Waals surface area (Å²) in [6.45, 7) is 8.35. The maximum absolute atomic E-state index is 4.73. The van der Waals surface area contributed by atoms with E-state index in [0.29, 0.717) is 0 Å².